The lowest BCUT2D eigenvalue weighted by atomic mass is 10.0. The van der Waals surface area contributed by atoms with Crippen molar-refractivity contribution in [2.45, 2.75) is 13.1 Å². The number of carbonyl (C=O) groups is 1. The van der Waals surface area contributed by atoms with Gasteiger partial charge in [0.05, 0.1) is 19.2 Å². The van der Waals surface area contributed by atoms with Crippen LogP contribution in [0.25, 0.3) is 0 Å². The SMILES string of the molecule is COc1ccc(OC)c([C@@H]2NC(=O)C(C#N)=C(S)N2c2cccc(C)c2)c1. The van der Waals surface area contributed by atoms with Gasteiger partial charge < -0.3 is 19.7 Å². The zero-order chi connectivity index (χ0) is 19.6. The molecule has 2 aromatic rings. The second-order valence-corrected chi connectivity index (χ2v) is 6.43. The van der Waals surface area contributed by atoms with Crippen molar-refractivity contribution >= 4 is 24.2 Å². The van der Waals surface area contributed by atoms with E-state index in [1.54, 1.807) is 37.3 Å². The molecule has 3 rings (SSSR count). The summed E-state index contributed by atoms with van der Waals surface area (Å²) in [7, 11) is 3.13. The molecule has 0 aliphatic carbocycles. The van der Waals surface area contributed by atoms with E-state index in [1.165, 1.54) is 0 Å². The molecule has 7 heteroatoms. The van der Waals surface area contributed by atoms with Gasteiger partial charge in [-0.2, -0.15) is 5.26 Å². The molecule has 1 atom stereocenters. The molecule has 0 saturated heterocycles. The molecule has 1 N–H and O–H groups in total. The standard InChI is InChI=1S/C20H19N3O3S/c1-12-5-4-6-13(9-12)23-18(22-19(24)16(11-21)20(23)27)15-10-14(25-2)7-8-17(15)26-3/h4-10,18,27H,1-3H3,(H,22,24)/t18-/m1/s1. The van der Waals surface area contributed by atoms with E-state index in [1.807, 2.05) is 37.3 Å². The first-order valence-corrected chi connectivity index (χ1v) is 8.67. The van der Waals surface area contributed by atoms with Crippen LogP contribution in [0.4, 0.5) is 5.69 Å². The van der Waals surface area contributed by atoms with Crippen LogP contribution < -0.4 is 19.7 Å². The van der Waals surface area contributed by atoms with Gasteiger partial charge in [-0.1, -0.05) is 12.1 Å². The summed E-state index contributed by atoms with van der Waals surface area (Å²) in [5, 5.41) is 12.6. The fourth-order valence-corrected chi connectivity index (χ4v) is 3.41. The maximum absolute atomic E-state index is 12.5. The number of hydrogen-bond acceptors (Lipinski definition) is 6. The second kappa shape index (κ2) is 7.64. The number of benzene rings is 2. The Morgan fingerprint density at radius 2 is 1.96 bits per heavy atom. The van der Waals surface area contributed by atoms with E-state index < -0.39 is 12.1 Å². The smallest absolute Gasteiger partial charge is 0.266 e. The largest absolute Gasteiger partial charge is 0.497 e. The van der Waals surface area contributed by atoms with E-state index in [9.17, 15) is 10.1 Å². The fourth-order valence-electron chi connectivity index (χ4n) is 3.03. The van der Waals surface area contributed by atoms with Crippen LogP contribution in [0, 0.1) is 18.3 Å². The predicted molar refractivity (Wildman–Crippen MR) is 106 cm³/mol. The number of ether oxygens (including phenoxy) is 2. The van der Waals surface area contributed by atoms with Crippen LogP contribution in [-0.4, -0.2) is 20.1 Å². The third-order valence-electron chi connectivity index (χ3n) is 4.33. The Morgan fingerprint density at radius 1 is 1.19 bits per heavy atom. The van der Waals surface area contributed by atoms with Crippen molar-refractivity contribution in [2.24, 2.45) is 0 Å². The van der Waals surface area contributed by atoms with Gasteiger partial charge in [0.2, 0.25) is 0 Å². The number of amides is 1. The molecule has 2 aromatic carbocycles. The van der Waals surface area contributed by atoms with Crippen molar-refractivity contribution < 1.29 is 14.3 Å². The van der Waals surface area contributed by atoms with E-state index in [4.69, 9.17) is 9.47 Å². The number of aryl methyl sites for hydroxylation is 1. The average Bonchev–Trinajstić information content (AvgIpc) is 2.67. The van der Waals surface area contributed by atoms with Gasteiger partial charge in [-0.15, -0.1) is 12.6 Å². The van der Waals surface area contributed by atoms with Gasteiger partial charge in [0.1, 0.15) is 29.3 Å². The molecule has 0 unspecified atom stereocenters. The van der Waals surface area contributed by atoms with Gasteiger partial charge in [-0.05, 0) is 42.8 Å². The van der Waals surface area contributed by atoms with Crippen LogP contribution in [0.2, 0.25) is 0 Å². The molecule has 0 bridgehead atoms. The third-order valence-corrected chi connectivity index (χ3v) is 4.77. The number of nitrogens with zero attached hydrogens (tertiary/aromatic N) is 2. The van der Waals surface area contributed by atoms with E-state index >= 15 is 0 Å². The molecule has 0 fully saturated rings. The van der Waals surface area contributed by atoms with Crippen molar-refractivity contribution in [3.63, 3.8) is 0 Å². The summed E-state index contributed by atoms with van der Waals surface area (Å²) >= 11 is 4.51. The van der Waals surface area contributed by atoms with E-state index in [0.29, 0.717) is 17.1 Å². The van der Waals surface area contributed by atoms with Gasteiger partial charge in [-0.3, -0.25) is 4.79 Å². The Morgan fingerprint density at radius 3 is 2.59 bits per heavy atom. The zero-order valence-electron chi connectivity index (χ0n) is 15.2. The number of methoxy groups -OCH3 is 2. The van der Waals surface area contributed by atoms with Gasteiger partial charge in [0.25, 0.3) is 5.91 Å². The molecule has 1 aliphatic heterocycles. The second-order valence-electron chi connectivity index (χ2n) is 6.00. The molecule has 0 radical (unpaired) electrons. The summed E-state index contributed by atoms with van der Waals surface area (Å²) in [6, 6.07) is 15.0. The summed E-state index contributed by atoms with van der Waals surface area (Å²) in [6.07, 6.45) is -0.617. The van der Waals surface area contributed by atoms with Crippen LogP contribution >= 0.6 is 12.6 Å². The van der Waals surface area contributed by atoms with Crippen molar-refractivity contribution in [3.8, 4) is 17.6 Å². The van der Waals surface area contributed by atoms with Crippen LogP contribution in [0.3, 0.4) is 0 Å². The topological polar surface area (TPSA) is 74.6 Å². The number of rotatable bonds is 4. The zero-order valence-corrected chi connectivity index (χ0v) is 16.1. The lowest BCUT2D eigenvalue weighted by Crippen LogP contribution is -2.46. The lowest BCUT2D eigenvalue weighted by molar-refractivity contribution is -0.118. The van der Waals surface area contributed by atoms with Crippen molar-refractivity contribution in [1.29, 1.82) is 5.26 Å². The predicted octanol–water partition coefficient (Wildman–Crippen LogP) is 3.31. The van der Waals surface area contributed by atoms with Gasteiger partial charge >= 0.3 is 0 Å². The number of nitrogens with one attached hydrogen (secondary N) is 1. The minimum absolute atomic E-state index is 0.0436. The van der Waals surface area contributed by atoms with E-state index in [0.717, 1.165) is 11.3 Å². The quantitative estimate of drug-likeness (QED) is 0.795. The van der Waals surface area contributed by atoms with Crippen molar-refractivity contribution in [1.82, 2.24) is 5.32 Å². The molecule has 27 heavy (non-hydrogen) atoms. The number of thiol groups is 1. The van der Waals surface area contributed by atoms with Gasteiger partial charge in [0, 0.05) is 11.3 Å². The number of anilines is 1. The molecule has 0 saturated carbocycles. The molecular formula is C20H19N3O3S. The van der Waals surface area contributed by atoms with Crippen LogP contribution in [0.5, 0.6) is 11.5 Å². The summed E-state index contributed by atoms with van der Waals surface area (Å²) < 4.78 is 10.8. The molecule has 1 aliphatic rings. The van der Waals surface area contributed by atoms with E-state index in [-0.39, 0.29) is 10.6 Å². The molecule has 0 aromatic heterocycles. The Labute approximate surface area is 163 Å². The van der Waals surface area contributed by atoms with Gasteiger partial charge in [-0.25, -0.2) is 0 Å². The Hall–Kier alpha value is -3.11. The highest BCUT2D eigenvalue weighted by Gasteiger charge is 2.35. The molecule has 138 valence electrons. The molecule has 0 spiro atoms. The first kappa shape index (κ1) is 18.7. The Bertz CT molecular complexity index is 965. The van der Waals surface area contributed by atoms with Crippen molar-refractivity contribution in [2.75, 3.05) is 19.1 Å². The molecule has 1 heterocycles. The van der Waals surface area contributed by atoms with Crippen LogP contribution in [0.1, 0.15) is 17.3 Å². The maximum Gasteiger partial charge on any atom is 0.266 e. The molecular weight excluding hydrogens is 362 g/mol. The number of hydrogen-bond donors (Lipinski definition) is 2. The Balaban J connectivity index is 2.23. The first-order chi connectivity index (χ1) is 13.0. The fraction of sp³-hybridized carbons (Fsp3) is 0.200. The normalized spacial score (nSPS) is 16.6. The van der Waals surface area contributed by atoms with E-state index in [2.05, 4.69) is 17.9 Å². The highest BCUT2D eigenvalue weighted by Crippen LogP contribution is 2.40. The minimum Gasteiger partial charge on any atom is -0.497 e. The van der Waals surface area contributed by atoms with Crippen molar-refractivity contribution in [3.05, 3.63) is 64.2 Å². The number of carbonyl (C=O) groups excluding carboxylic acids is 1. The average molecular weight is 381 g/mol. The summed E-state index contributed by atoms with van der Waals surface area (Å²) in [5.74, 6) is 0.724. The van der Waals surface area contributed by atoms with Crippen LogP contribution in [-0.2, 0) is 4.79 Å². The lowest BCUT2D eigenvalue weighted by Gasteiger charge is -2.38. The molecule has 1 amide bonds. The third kappa shape index (κ3) is 3.44. The number of nitriles is 1. The monoisotopic (exact) mass is 381 g/mol. The summed E-state index contributed by atoms with van der Waals surface area (Å²) in [4.78, 5) is 14.3. The Kier molecular flexibility index (Phi) is 5.28. The highest BCUT2D eigenvalue weighted by atomic mass is 32.1. The minimum atomic E-state index is -0.617. The summed E-state index contributed by atoms with van der Waals surface area (Å²) in [5.41, 5.74) is 2.48. The van der Waals surface area contributed by atoms with Crippen LogP contribution in [0.15, 0.2) is 53.1 Å². The molecule has 6 nitrogen and oxygen atoms in total. The summed E-state index contributed by atoms with van der Waals surface area (Å²) in [6.45, 7) is 1.97. The first-order valence-electron chi connectivity index (χ1n) is 8.22. The highest BCUT2D eigenvalue weighted by molar-refractivity contribution is 7.84. The maximum atomic E-state index is 12.5. The van der Waals surface area contributed by atoms with Gasteiger partial charge in [0.15, 0.2) is 0 Å².